The highest BCUT2D eigenvalue weighted by atomic mass is 31.2. The molecule has 572 valence electrons. The van der Waals surface area contributed by atoms with Gasteiger partial charge in [0, 0.05) is 19.3 Å². The Morgan fingerprint density at radius 3 is 0.861 bits per heavy atom. The first-order valence-electron chi connectivity index (χ1n) is 38.1. The van der Waals surface area contributed by atoms with Crippen LogP contribution in [0.2, 0.25) is 0 Å². The lowest BCUT2D eigenvalue weighted by Gasteiger charge is -2.21. The second-order valence-electron chi connectivity index (χ2n) is 24.7. The van der Waals surface area contributed by atoms with Gasteiger partial charge in [-0.25, -0.2) is 9.13 Å². The zero-order valence-corrected chi connectivity index (χ0v) is 64.0. The Hall–Kier alpha value is -5.35. The molecule has 0 aliphatic carbocycles. The summed E-state index contributed by atoms with van der Waals surface area (Å²) in [6, 6.07) is 0. The first-order chi connectivity index (χ1) is 49.2. The lowest BCUT2D eigenvalue weighted by molar-refractivity contribution is -0.161. The molecule has 5 unspecified atom stereocenters. The number of ether oxygens (including phenoxy) is 3. The molecule has 101 heavy (non-hydrogen) atoms. The van der Waals surface area contributed by atoms with Crippen molar-refractivity contribution in [3.05, 3.63) is 182 Å². The largest absolute Gasteiger partial charge is 0.472 e. The molecule has 4 N–H and O–H groups in total. The van der Waals surface area contributed by atoms with Crippen molar-refractivity contribution in [2.45, 2.75) is 283 Å². The summed E-state index contributed by atoms with van der Waals surface area (Å²) in [5.74, 6) is -1.69. The SMILES string of the molecule is CC/C=C\C/C=C\C/C=C\C/C=C\C/C=C\C/C=C\CCCCCCC(=O)OCC(COP(=O)(O)OCC(O)COP(=O)(O)OCC(O)COC(=O)CCCCCCCCCCC/C=C\C/C=C\C/C=C\C/C=C\CCCCC)OC(=O)CCC/C=C\C/C=C\C/C=C\C/C=C\C/C=C\CC. The maximum absolute atomic E-state index is 12.9. The van der Waals surface area contributed by atoms with Crippen LogP contribution >= 0.6 is 15.6 Å². The van der Waals surface area contributed by atoms with E-state index in [1.54, 1.807) is 0 Å². The fourth-order valence-corrected chi connectivity index (χ4v) is 10.9. The Labute approximate surface area is 611 Å². The van der Waals surface area contributed by atoms with Crippen molar-refractivity contribution in [3.63, 3.8) is 0 Å². The summed E-state index contributed by atoms with van der Waals surface area (Å²) in [6.45, 7) is 2.29. The summed E-state index contributed by atoms with van der Waals surface area (Å²) in [4.78, 5) is 58.6. The highest BCUT2D eigenvalue weighted by Crippen LogP contribution is 2.45. The van der Waals surface area contributed by atoms with Crippen LogP contribution in [0.25, 0.3) is 0 Å². The topological polar surface area (TPSA) is 231 Å². The molecular formula is C83H134O16P2. The number of carbonyl (C=O) groups excluding carboxylic acids is 3. The molecule has 0 saturated carbocycles. The fourth-order valence-electron chi connectivity index (χ4n) is 9.36. The molecule has 0 aromatic rings. The first kappa shape index (κ1) is 95.6. The van der Waals surface area contributed by atoms with Crippen molar-refractivity contribution in [2.75, 3.05) is 39.6 Å². The molecule has 18 heteroatoms. The van der Waals surface area contributed by atoms with Crippen LogP contribution in [0.15, 0.2) is 182 Å². The number of esters is 3. The number of allylic oxidation sites excluding steroid dienone is 30. The molecule has 0 spiro atoms. The maximum atomic E-state index is 12.9. The molecular weight excluding hydrogens is 1310 g/mol. The van der Waals surface area contributed by atoms with Crippen molar-refractivity contribution in [1.29, 1.82) is 0 Å². The van der Waals surface area contributed by atoms with E-state index in [1.807, 2.05) is 12.2 Å². The predicted molar refractivity (Wildman–Crippen MR) is 417 cm³/mol. The van der Waals surface area contributed by atoms with E-state index in [0.29, 0.717) is 25.7 Å². The standard InChI is InChI=1S/C83H134O16P2/c1-4-7-10-13-16-19-22-25-28-31-33-35-37-38-40-42-43-46-48-51-54-57-60-63-66-69-81(86)93-72-78(84)73-95-100(89,90)96-74-79(85)75-97-101(91,92)98-77-80(99-83(88)71-68-65-62-59-56-53-50-45-30-27-24-21-18-15-12-9-6-3)76-94-82(87)70-67-64-61-58-55-52-49-47-44-41-39-36-34-32-29-26-23-20-17-14-11-8-5-2/h8-9,11-12,16-21,25-30,33-36,38,40-41,44,49-50,52-53,59,62,78-80,84-85H,4-7,10,13-15,22-24,31-32,37,39,42-43,45-48,51,54-58,60-61,63-77H2,1-3H3,(H,89,90)(H,91,92)/b11-8-,12-9-,19-16-,20-17-,21-18-,28-25-,29-26-,30-27-,35-33-,36-34-,40-38-,44-41-,52-49-,53-50-,62-59-. The molecule has 0 radical (unpaired) electrons. The van der Waals surface area contributed by atoms with Crippen molar-refractivity contribution in [1.82, 2.24) is 0 Å². The number of hydrogen-bond acceptors (Lipinski definition) is 14. The summed E-state index contributed by atoms with van der Waals surface area (Å²) in [5, 5.41) is 20.6. The minimum absolute atomic E-state index is 0.0121. The molecule has 0 fully saturated rings. The first-order valence-corrected chi connectivity index (χ1v) is 41.1. The highest BCUT2D eigenvalue weighted by Gasteiger charge is 2.29. The van der Waals surface area contributed by atoms with Crippen molar-refractivity contribution in [2.24, 2.45) is 0 Å². The zero-order chi connectivity index (χ0) is 73.7. The number of carbonyl (C=O) groups is 3. The van der Waals surface area contributed by atoms with E-state index in [0.717, 1.165) is 148 Å². The Morgan fingerprint density at radius 1 is 0.287 bits per heavy atom. The summed E-state index contributed by atoms with van der Waals surface area (Å²) in [5.41, 5.74) is 0. The lowest BCUT2D eigenvalue weighted by atomic mass is 10.1. The van der Waals surface area contributed by atoms with Crippen LogP contribution < -0.4 is 0 Å². The van der Waals surface area contributed by atoms with E-state index < -0.39 is 91.5 Å². The molecule has 0 aromatic carbocycles. The van der Waals surface area contributed by atoms with E-state index in [9.17, 15) is 43.5 Å². The Morgan fingerprint density at radius 2 is 0.535 bits per heavy atom. The maximum Gasteiger partial charge on any atom is 0.472 e. The van der Waals surface area contributed by atoms with Crippen LogP contribution in [0, 0.1) is 0 Å². The van der Waals surface area contributed by atoms with E-state index >= 15 is 0 Å². The summed E-state index contributed by atoms with van der Waals surface area (Å²) in [7, 11) is -9.83. The predicted octanol–water partition coefficient (Wildman–Crippen LogP) is 22.2. The van der Waals surface area contributed by atoms with Gasteiger partial charge in [0.1, 0.15) is 25.4 Å². The Balaban J connectivity index is 4.73. The highest BCUT2D eigenvalue weighted by molar-refractivity contribution is 7.47. The van der Waals surface area contributed by atoms with Crippen LogP contribution in [0.4, 0.5) is 0 Å². The monoisotopic (exact) mass is 1450 g/mol. The minimum atomic E-state index is -4.96. The van der Waals surface area contributed by atoms with Gasteiger partial charge in [0.25, 0.3) is 0 Å². The molecule has 0 rings (SSSR count). The number of aliphatic hydroxyl groups is 2. The molecule has 0 heterocycles. The third-order valence-corrected chi connectivity index (χ3v) is 17.0. The molecule has 0 saturated heterocycles. The number of phosphoric acid groups is 2. The van der Waals surface area contributed by atoms with E-state index in [1.165, 1.54) is 51.4 Å². The third-order valence-electron chi connectivity index (χ3n) is 15.1. The molecule has 0 bridgehead atoms. The van der Waals surface area contributed by atoms with Gasteiger partial charge in [-0.15, -0.1) is 0 Å². The third kappa shape index (κ3) is 75.6. The molecule has 16 nitrogen and oxygen atoms in total. The molecule has 0 amide bonds. The van der Waals surface area contributed by atoms with Crippen molar-refractivity contribution >= 4 is 33.6 Å². The molecule has 5 atom stereocenters. The fraction of sp³-hybridized carbons (Fsp3) is 0.602. The lowest BCUT2D eigenvalue weighted by Crippen LogP contribution is -2.30. The average Bonchev–Trinajstić information content (AvgIpc) is 0.941. The number of unbranched alkanes of at least 4 members (excludes halogenated alkanes) is 17. The van der Waals surface area contributed by atoms with Gasteiger partial charge in [0.15, 0.2) is 6.10 Å². The molecule has 0 aliphatic heterocycles. The van der Waals surface area contributed by atoms with E-state index in [4.69, 9.17) is 32.3 Å². The average molecular weight is 1450 g/mol. The summed E-state index contributed by atoms with van der Waals surface area (Å²) in [6.07, 6.45) is 95.1. The van der Waals surface area contributed by atoms with Crippen LogP contribution in [0.1, 0.15) is 265 Å². The van der Waals surface area contributed by atoms with Crippen LogP contribution in [0.5, 0.6) is 0 Å². The van der Waals surface area contributed by atoms with Gasteiger partial charge < -0.3 is 34.2 Å². The van der Waals surface area contributed by atoms with Gasteiger partial charge >= 0.3 is 33.6 Å². The Bertz CT molecular complexity index is 2570. The second kappa shape index (κ2) is 74.4. The number of aliphatic hydroxyl groups excluding tert-OH is 2. The smallest absolute Gasteiger partial charge is 0.463 e. The quantitative estimate of drug-likeness (QED) is 0.0146. The summed E-state index contributed by atoms with van der Waals surface area (Å²) < 4.78 is 61.0. The number of rotatable bonds is 70. The van der Waals surface area contributed by atoms with Crippen LogP contribution in [0.3, 0.4) is 0 Å². The number of phosphoric ester groups is 2. The molecule has 0 aromatic heterocycles. The van der Waals surface area contributed by atoms with Gasteiger partial charge in [-0.3, -0.25) is 32.5 Å². The minimum Gasteiger partial charge on any atom is -0.463 e. The van der Waals surface area contributed by atoms with Gasteiger partial charge in [-0.1, -0.05) is 274 Å². The van der Waals surface area contributed by atoms with E-state index in [2.05, 4.69) is 191 Å². The number of hydrogen-bond donors (Lipinski definition) is 4. The van der Waals surface area contributed by atoms with Gasteiger partial charge in [-0.2, -0.15) is 0 Å². The van der Waals surface area contributed by atoms with Crippen molar-refractivity contribution in [3.8, 4) is 0 Å². The second-order valence-corrected chi connectivity index (χ2v) is 27.6. The Kier molecular flexibility index (Phi) is 70.4. The van der Waals surface area contributed by atoms with Gasteiger partial charge in [0.2, 0.25) is 0 Å². The van der Waals surface area contributed by atoms with Gasteiger partial charge in [0.05, 0.1) is 26.4 Å². The molecule has 0 aliphatic rings. The van der Waals surface area contributed by atoms with Crippen LogP contribution in [-0.2, 0) is 55.8 Å². The summed E-state index contributed by atoms with van der Waals surface area (Å²) >= 11 is 0. The van der Waals surface area contributed by atoms with E-state index in [-0.39, 0.29) is 19.3 Å². The zero-order valence-electron chi connectivity index (χ0n) is 62.2. The van der Waals surface area contributed by atoms with Crippen LogP contribution in [-0.4, -0.2) is 95.9 Å². The van der Waals surface area contributed by atoms with Crippen molar-refractivity contribution < 1.29 is 75.8 Å². The normalized spacial score (nSPS) is 15.0. The van der Waals surface area contributed by atoms with Gasteiger partial charge in [-0.05, 0) is 154 Å².